The molecule has 120 valence electrons. The normalized spacial score (nSPS) is 20.8. The summed E-state index contributed by atoms with van der Waals surface area (Å²) < 4.78 is 0. The second kappa shape index (κ2) is 7.54. The van der Waals surface area contributed by atoms with Gasteiger partial charge in [0.1, 0.15) is 6.04 Å². The van der Waals surface area contributed by atoms with Crippen molar-refractivity contribution in [3.63, 3.8) is 0 Å². The highest BCUT2D eigenvalue weighted by Gasteiger charge is 2.39. The van der Waals surface area contributed by atoms with Crippen LogP contribution in [-0.4, -0.2) is 53.2 Å². The van der Waals surface area contributed by atoms with E-state index in [0.29, 0.717) is 26.1 Å². The molecule has 0 unspecified atom stereocenters. The lowest BCUT2D eigenvalue weighted by atomic mass is 10.1. The third-order valence-electron chi connectivity index (χ3n) is 3.79. The van der Waals surface area contributed by atoms with Gasteiger partial charge in [-0.25, -0.2) is 4.79 Å². The van der Waals surface area contributed by atoms with Crippen molar-refractivity contribution in [1.29, 1.82) is 0 Å². The van der Waals surface area contributed by atoms with Gasteiger partial charge in [-0.2, -0.15) is 12.6 Å². The van der Waals surface area contributed by atoms with Gasteiger partial charge in [-0.1, -0.05) is 30.3 Å². The van der Waals surface area contributed by atoms with E-state index < -0.39 is 6.04 Å². The number of likely N-dealkylation sites (N-methyl/N-ethyl adjacent to an activating group) is 1. The smallest absolute Gasteiger partial charge is 0.318 e. The van der Waals surface area contributed by atoms with Crippen LogP contribution in [0.25, 0.3) is 0 Å². The fourth-order valence-electron chi connectivity index (χ4n) is 2.71. The first kappa shape index (κ1) is 16.7. The second-order valence-corrected chi connectivity index (χ2v) is 6.30. The molecular formula is C16H23N3O2S. The van der Waals surface area contributed by atoms with Crippen LogP contribution < -0.4 is 5.32 Å². The van der Waals surface area contributed by atoms with Crippen LogP contribution in [0, 0.1) is 0 Å². The lowest BCUT2D eigenvalue weighted by Crippen LogP contribution is -2.49. The van der Waals surface area contributed by atoms with Gasteiger partial charge in [0.25, 0.3) is 0 Å². The van der Waals surface area contributed by atoms with Crippen molar-refractivity contribution >= 4 is 24.6 Å². The van der Waals surface area contributed by atoms with Crippen molar-refractivity contribution in [2.24, 2.45) is 0 Å². The summed E-state index contributed by atoms with van der Waals surface area (Å²) in [6.07, 6.45) is 0.595. The van der Waals surface area contributed by atoms with E-state index in [1.54, 1.807) is 16.8 Å². The van der Waals surface area contributed by atoms with Gasteiger partial charge in [0.15, 0.2) is 0 Å². The summed E-state index contributed by atoms with van der Waals surface area (Å²) in [5.41, 5.74) is 1.07. The molecule has 1 aromatic rings. The van der Waals surface area contributed by atoms with Gasteiger partial charge in [0.2, 0.25) is 5.91 Å². The molecular weight excluding hydrogens is 298 g/mol. The molecule has 1 heterocycles. The number of hydrogen-bond acceptors (Lipinski definition) is 3. The van der Waals surface area contributed by atoms with E-state index in [9.17, 15) is 9.59 Å². The molecule has 2 rings (SSSR count). The number of carbonyl (C=O) groups is 2. The Morgan fingerprint density at radius 3 is 2.68 bits per heavy atom. The fourth-order valence-corrected chi connectivity index (χ4v) is 3.09. The SMILES string of the molecule is CCNC(=O)N1C[C@H](S)C[C@@H]1C(=O)N(C)Cc1ccccc1. The molecule has 1 aliphatic heterocycles. The third kappa shape index (κ3) is 3.94. The number of thiol groups is 1. The molecule has 2 atom stereocenters. The third-order valence-corrected chi connectivity index (χ3v) is 4.17. The number of carbonyl (C=O) groups excluding carboxylic acids is 2. The van der Waals surface area contributed by atoms with Crippen LogP contribution in [0.15, 0.2) is 30.3 Å². The first-order valence-corrected chi connectivity index (χ1v) is 8.06. The summed E-state index contributed by atoms with van der Waals surface area (Å²) in [7, 11) is 1.77. The predicted octanol–water partition coefficient (Wildman–Crippen LogP) is 1.75. The van der Waals surface area contributed by atoms with E-state index >= 15 is 0 Å². The minimum atomic E-state index is -0.428. The predicted molar refractivity (Wildman–Crippen MR) is 89.9 cm³/mol. The minimum Gasteiger partial charge on any atom is -0.340 e. The Balaban J connectivity index is 2.04. The number of nitrogens with zero attached hydrogens (tertiary/aromatic N) is 2. The Kier molecular flexibility index (Phi) is 5.71. The number of urea groups is 1. The monoisotopic (exact) mass is 321 g/mol. The minimum absolute atomic E-state index is 0.0355. The van der Waals surface area contributed by atoms with Gasteiger partial charge in [-0.15, -0.1) is 0 Å². The summed E-state index contributed by atoms with van der Waals surface area (Å²) in [6, 6.07) is 9.21. The van der Waals surface area contributed by atoms with Crippen LogP contribution in [0.2, 0.25) is 0 Å². The van der Waals surface area contributed by atoms with Crippen LogP contribution in [0.4, 0.5) is 4.79 Å². The van der Waals surface area contributed by atoms with Crippen molar-refractivity contribution in [2.45, 2.75) is 31.2 Å². The van der Waals surface area contributed by atoms with E-state index in [4.69, 9.17) is 0 Å². The maximum atomic E-state index is 12.7. The van der Waals surface area contributed by atoms with Gasteiger partial charge < -0.3 is 15.1 Å². The molecule has 0 bridgehead atoms. The topological polar surface area (TPSA) is 52.7 Å². The van der Waals surface area contributed by atoms with Gasteiger partial charge in [-0.3, -0.25) is 4.79 Å². The maximum absolute atomic E-state index is 12.7. The molecule has 1 fully saturated rings. The first-order chi connectivity index (χ1) is 10.5. The number of amides is 3. The molecule has 6 heteroatoms. The highest BCUT2D eigenvalue weighted by molar-refractivity contribution is 7.81. The molecule has 3 amide bonds. The summed E-state index contributed by atoms with van der Waals surface area (Å²) in [5, 5.41) is 2.81. The van der Waals surface area contributed by atoms with E-state index in [0.717, 1.165) is 5.56 Å². The summed E-state index contributed by atoms with van der Waals surface area (Å²) in [4.78, 5) is 28.1. The van der Waals surface area contributed by atoms with E-state index in [2.05, 4.69) is 17.9 Å². The maximum Gasteiger partial charge on any atom is 0.318 e. The Labute approximate surface area is 137 Å². The van der Waals surface area contributed by atoms with Crippen LogP contribution in [-0.2, 0) is 11.3 Å². The number of nitrogens with one attached hydrogen (secondary N) is 1. The zero-order valence-corrected chi connectivity index (χ0v) is 13.9. The Hall–Kier alpha value is -1.69. The molecule has 0 saturated carbocycles. The molecule has 0 radical (unpaired) electrons. The lowest BCUT2D eigenvalue weighted by molar-refractivity contribution is -0.134. The van der Waals surface area contributed by atoms with Gasteiger partial charge >= 0.3 is 6.03 Å². The molecule has 0 aromatic heterocycles. The molecule has 1 aromatic carbocycles. The number of benzene rings is 1. The van der Waals surface area contributed by atoms with E-state index in [-0.39, 0.29) is 17.2 Å². The lowest BCUT2D eigenvalue weighted by Gasteiger charge is -2.28. The Bertz CT molecular complexity index is 523. The summed E-state index contributed by atoms with van der Waals surface area (Å²) in [6.45, 7) is 3.46. The quantitative estimate of drug-likeness (QED) is 0.830. The Morgan fingerprint density at radius 2 is 2.05 bits per heavy atom. The second-order valence-electron chi connectivity index (χ2n) is 5.57. The van der Waals surface area contributed by atoms with Crippen LogP contribution in [0.1, 0.15) is 18.9 Å². The number of hydrogen-bond donors (Lipinski definition) is 2. The fraction of sp³-hybridized carbons (Fsp3) is 0.500. The van der Waals surface area contributed by atoms with Crippen LogP contribution in [0.3, 0.4) is 0 Å². The highest BCUT2D eigenvalue weighted by Crippen LogP contribution is 2.23. The largest absolute Gasteiger partial charge is 0.340 e. The molecule has 1 N–H and O–H groups in total. The van der Waals surface area contributed by atoms with Crippen molar-refractivity contribution in [1.82, 2.24) is 15.1 Å². The van der Waals surface area contributed by atoms with Crippen molar-refractivity contribution < 1.29 is 9.59 Å². The van der Waals surface area contributed by atoms with Crippen molar-refractivity contribution in [3.8, 4) is 0 Å². The van der Waals surface area contributed by atoms with Gasteiger partial charge in [0.05, 0.1) is 0 Å². The summed E-state index contributed by atoms with van der Waals surface area (Å²) >= 11 is 4.44. The molecule has 5 nitrogen and oxygen atoms in total. The molecule has 1 saturated heterocycles. The average Bonchev–Trinajstić information content (AvgIpc) is 2.89. The van der Waals surface area contributed by atoms with Crippen LogP contribution >= 0.6 is 12.6 Å². The summed E-state index contributed by atoms with van der Waals surface area (Å²) in [5.74, 6) is -0.0355. The number of rotatable bonds is 4. The van der Waals surface area contributed by atoms with Crippen molar-refractivity contribution in [3.05, 3.63) is 35.9 Å². The first-order valence-electron chi connectivity index (χ1n) is 7.54. The molecule has 0 aliphatic carbocycles. The highest BCUT2D eigenvalue weighted by atomic mass is 32.1. The molecule has 1 aliphatic rings. The zero-order valence-electron chi connectivity index (χ0n) is 13.0. The van der Waals surface area contributed by atoms with E-state index in [1.807, 2.05) is 37.3 Å². The molecule has 22 heavy (non-hydrogen) atoms. The molecule has 0 spiro atoms. The van der Waals surface area contributed by atoms with E-state index in [1.165, 1.54) is 0 Å². The van der Waals surface area contributed by atoms with Gasteiger partial charge in [-0.05, 0) is 18.9 Å². The van der Waals surface area contributed by atoms with Crippen LogP contribution in [0.5, 0.6) is 0 Å². The van der Waals surface area contributed by atoms with Crippen molar-refractivity contribution in [2.75, 3.05) is 20.1 Å². The average molecular weight is 321 g/mol. The standard InChI is InChI=1S/C16H23N3O2S/c1-3-17-16(21)19-11-13(22)9-14(19)15(20)18(2)10-12-7-5-4-6-8-12/h4-8,13-14,22H,3,9-11H2,1-2H3,(H,17,21)/t13-,14-/m1/s1. The number of likely N-dealkylation sites (tertiary alicyclic amines) is 1. The van der Waals surface area contributed by atoms with Gasteiger partial charge in [0, 0.05) is 31.9 Å². The zero-order chi connectivity index (χ0) is 16.1. The Morgan fingerprint density at radius 1 is 1.36 bits per heavy atom.